The molecule has 0 spiro atoms. The summed E-state index contributed by atoms with van der Waals surface area (Å²) >= 11 is 0. The SMILES string of the molecule is CCNC(=NCC(c1ccccc1)c1ccccc1)NCCC(=O)N1CCCC1. The molecule has 154 valence electrons. The van der Waals surface area contributed by atoms with Crippen molar-refractivity contribution in [1.29, 1.82) is 0 Å². The molecule has 1 heterocycles. The Kier molecular flexibility index (Phi) is 8.11. The first-order valence-corrected chi connectivity index (χ1v) is 10.7. The Bertz CT molecular complexity index is 730. The standard InChI is InChI=1S/C24H32N4O/c1-2-25-24(26-16-15-23(29)28-17-9-10-18-28)27-19-22(20-11-5-3-6-12-20)21-13-7-4-8-14-21/h3-8,11-14,22H,2,9-10,15-19H2,1H3,(H2,25,26,27). The van der Waals surface area contributed by atoms with E-state index in [2.05, 4.69) is 66.1 Å². The molecule has 0 radical (unpaired) electrons. The van der Waals surface area contributed by atoms with Gasteiger partial charge in [0, 0.05) is 38.5 Å². The molecule has 0 bridgehead atoms. The number of nitrogens with one attached hydrogen (secondary N) is 2. The van der Waals surface area contributed by atoms with Crippen LogP contribution in [0.2, 0.25) is 0 Å². The number of rotatable bonds is 8. The van der Waals surface area contributed by atoms with Gasteiger partial charge >= 0.3 is 0 Å². The normalized spacial score (nSPS) is 14.3. The fraction of sp³-hybridized carbons (Fsp3) is 0.417. The molecule has 0 unspecified atom stereocenters. The van der Waals surface area contributed by atoms with Crippen LogP contribution in [0.25, 0.3) is 0 Å². The van der Waals surface area contributed by atoms with Crippen LogP contribution in [0, 0.1) is 0 Å². The molecule has 3 rings (SSSR count). The highest BCUT2D eigenvalue weighted by atomic mass is 16.2. The first kappa shape index (κ1) is 20.9. The van der Waals surface area contributed by atoms with E-state index >= 15 is 0 Å². The minimum absolute atomic E-state index is 0.194. The van der Waals surface area contributed by atoms with Gasteiger partial charge in [-0.1, -0.05) is 60.7 Å². The lowest BCUT2D eigenvalue weighted by atomic mass is 9.91. The highest BCUT2D eigenvalue weighted by Crippen LogP contribution is 2.24. The second kappa shape index (κ2) is 11.2. The zero-order valence-electron chi connectivity index (χ0n) is 17.3. The average molecular weight is 393 g/mol. The lowest BCUT2D eigenvalue weighted by molar-refractivity contribution is -0.129. The van der Waals surface area contributed by atoms with E-state index in [-0.39, 0.29) is 11.8 Å². The summed E-state index contributed by atoms with van der Waals surface area (Å²) in [4.78, 5) is 19.0. The number of carbonyl (C=O) groups excluding carboxylic acids is 1. The Labute approximate surface area is 174 Å². The van der Waals surface area contributed by atoms with Gasteiger partial charge in [-0.3, -0.25) is 9.79 Å². The van der Waals surface area contributed by atoms with Crippen LogP contribution in [0.4, 0.5) is 0 Å². The summed E-state index contributed by atoms with van der Waals surface area (Å²) in [7, 11) is 0. The van der Waals surface area contributed by atoms with E-state index in [1.807, 2.05) is 17.0 Å². The van der Waals surface area contributed by atoms with Gasteiger partial charge in [0.15, 0.2) is 5.96 Å². The number of likely N-dealkylation sites (tertiary alicyclic amines) is 1. The number of hydrogen-bond acceptors (Lipinski definition) is 2. The van der Waals surface area contributed by atoms with Crippen LogP contribution in [0.1, 0.15) is 43.2 Å². The molecule has 1 amide bonds. The van der Waals surface area contributed by atoms with Crippen LogP contribution in [-0.2, 0) is 4.79 Å². The minimum atomic E-state index is 0.194. The Balaban J connectivity index is 1.63. The summed E-state index contributed by atoms with van der Waals surface area (Å²) in [5, 5.41) is 6.62. The van der Waals surface area contributed by atoms with E-state index in [0.717, 1.165) is 38.4 Å². The van der Waals surface area contributed by atoms with Gasteiger partial charge in [0.2, 0.25) is 5.91 Å². The van der Waals surface area contributed by atoms with Gasteiger partial charge in [-0.15, -0.1) is 0 Å². The largest absolute Gasteiger partial charge is 0.357 e. The lowest BCUT2D eigenvalue weighted by Crippen LogP contribution is -2.40. The van der Waals surface area contributed by atoms with Crippen LogP contribution < -0.4 is 10.6 Å². The van der Waals surface area contributed by atoms with Crippen molar-refractivity contribution in [3.05, 3.63) is 71.8 Å². The Morgan fingerprint density at radius 2 is 1.55 bits per heavy atom. The third-order valence-electron chi connectivity index (χ3n) is 5.27. The van der Waals surface area contributed by atoms with Crippen molar-refractivity contribution in [2.45, 2.75) is 32.1 Å². The second-order valence-electron chi connectivity index (χ2n) is 7.36. The van der Waals surface area contributed by atoms with Crippen molar-refractivity contribution in [1.82, 2.24) is 15.5 Å². The molecule has 2 aromatic carbocycles. The topological polar surface area (TPSA) is 56.7 Å². The molecule has 5 heteroatoms. The molecule has 1 fully saturated rings. The van der Waals surface area contributed by atoms with E-state index in [0.29, 0.717) is 19.5 Å². The molecule has 5 nitrogen and oxygen atoms in total. The van der Waals surface area contributed by atoms with Gasteiger partial charge in [-0.25, -0.2) is 0 Å². The van der Waals surface area contributed by atoms with Gasteiger partial charge in [-0.05, 0) is 30.9 Å². The van der Waals surface area contributed by atoms with Crippen molar-refractivity contribution in [2.24, 2.45) is 4.99 Å². The molecule has 29 heavy (non-hydrogen) atoms. The quantitative estimate of drug-likeness (QED) is 0.535. The van der Waals surface area contributed by atoms with E-state index in [4.69, 9.17) is 4.99 Å². The predicted molar refractivity (Wildman–Crippen MR) is 119 cm³/mol. The summed E-state index contributed by atoms with van der Waals surface area (Å²) in [5.74, 6) is 1.19. The molecular formula is C24H32N4O. The molecule has 0 aromatic heterocycles. The fourth-order valence-corrected chi connectivity index (χ4v) is 3.71. The van der Waals surface area contributed by atoms with Gasteiger partial charge in [0.1, 0.15) is 0 Å². The van der Waals surface area contributed by atoms with Crippen LogP contribution in [-0.4, -0.2) is 49.5 Å². The Morgan fingerprint density at radius 1 is 0.966 bits per heavy atom. The molecule has 2 N–H and O–H groups in total. The van der Waals surface area contributed by atoms with E-state index in [1.165, 1.54) is 11.1 Å². The van der Waals surface area contributed by atoms with Crippen LogP contribution >= 0.6 is 0 Å². The highest BCUT2D eigenvalue weighted by Gasteiger charge is 2.17. The van der Waals surface area contributed by atoms with Crippen LogP contribution in [0.5, 0.6) is 0 Å². The van der Waals surface area contributed by atoms with E-state index < -0.39 is 0 Å². The Hall–Kier alpha value is -2.82. The molecule has 1 saturated heterocycles. The third kappa shape index (κ3) is 6.34. The molecule has 0 atom stereocenters. The molecule has 0 aliphatic carbocycles. The zero-order chi connectivity index (χ0) is 20.3. The molecule has 1 aliphatic rings. The smallest absolute Gasteiger partial charge is 0.224 e. The zero-order valence-corrected chi connectivity index (χ0v) is 17.3. The van der Waals surface area contributed by atoms with Gasteiger partial charge < -0.3 is 15.5 Å². The number of aliphatic imine (C=N–C) groups is 1. The van der Waals surface area contributed by atoms with Crippen molar-refractivity contribution in [2.75, 3.05) is 32.7 Å². The number of carbonyl (C=O) groups is 1. The molecule has 2 aromatic rings. The molecular weight excluding hydrogens is 360 g/mol. The van der Waals surface area contributed by atoms with Crippen molar-refractivity contribution >= 4 is 11.9 Å². The number of nitrogens with zero attached hydrogens (tertiary/aromatic N) is 2. The van der Waals surface area contributed by atoms with Crippen LogP contribution in [0.15, 0.2) is 65.7 Å². The summed E-state index contributed by atoms with van der Waals surface area (Å²) < 4.78 is 0. The van der Waals surface area contributed by atoms with Crippen molar-refractivity contribution < 1.29 is 4.79 Å². The third-order valence-corrected chi connectivity index (χ3v) is 5.27. The van der Waals surface area contributed by atoms with Gasteiger partial charge in [-0.2, -0.15) is 0 Å². The summed E-state index contributed by atoms with van der Waals surface area (Å²) in [6, 6.07) is 21.0. The number of guanidine groups is 1. The minimum Gasteiger partial charge on any atom is -0.357 e. The van der Waals surface area contributed by atoms with Gasteiger partial charge in [0.05, 0.1) is 6.54 Å². The predicted octanol–water partition coefficient (Wildman–Crippen LogP) is 3.39. The maximum absolute atomic E-state index is 12.2. The average Bonchev–Trinajstić information content (AvgIpc) is 3.30. The van der Waals surface area contributed by atoms with E-state index in [9.17, 15) is 4.79 Å². The first-order chi connectivity index (χ1) is 14.3. The van der Waals surface area contributed by atoms with Crippen molar-refractivity contribution in [3.63, 3.8) is 0 Å². The summed E-state index contributed by atoms with van der Waals surface area (Å²) in [6.07, 6.45) is 2.76. The lowest BCUT2D eigenvalue weighted by Gasteiger charge is -2.18. The number of benzene rings is 2. The maximum Gasteiger partial charge on any atom is 0.224 e. The summed E-state index contributed by atoms with van der Waals surface area (Å²) in [5.41, 5.74) is 2.50. The van der Waals surface area contributed by atoms with E-state index in [1.54, 1.807) is 0 Å². The Morgan fingerprint density at radius 3 is 2.10 bits per heavy atom. The number of amides is 1. The highest BCUT2D eigenvalue weighted by molar-refractivity contribution is 5.81. The first-order valence-electron chi connectivity index (χ1n) is 10.7. The molecule has 0 saturated carbocycles. The summed E-state index contributed by atoms with van der Waals surface area (Å²) in [6.45, 7) is 5.89. The van der Waals surface area contributed by atoms with Crippen LogP contribution in [0.3, 0.4) is 0 Å². The van der Waals surface area contributed by atoms with Gasteiger partial charge in [0.25, 0.3) is 0 Å². The number of hydrogen-bond donors (Lipinski definition) is 2. The second-order valence-corrected chi connectivity index (χ2v) is 7.36. The maximum atomic E-state index is 12.2. The van der Waals surface area contributed by atoms with Crippen molar-refractivity contribution in [3.8, 4) is 0 Å². The molecule has 1 aliphatic heterocycles. The monoisotopic (exact) mass is 392 g/mol. The fourth-order valence-electron chi connectivity index (χ4n) is 3.71.